The van der Waals surface area contributed by atoms with Gasteiger partial charge in [-0.25, -0.2) is 4.39 Å². The lowest BCUT2D eigenvalue weighted by atomic mass is 9.97. The van der Waals surface area contributed by atoms with Crippen LogP contribution in [0, 0.1) is 12.7 Å². The van der Waals surface area contributed by atoms with Gasteiger partial charge in [-0.15, -0.1) is 0 Å². The summed E-state index contributed by atoms with van der Waals surface area (Å²) >= 11 is 0. The van der Waals surface area contributed by atoms with Crippen LogP contribution in [0.5, 0.6) is 5.75 Å². The van der Waals surface area contributed by atoms with Crippen LogP contribution in [0.1, 0.15) is 22.8 Å². The second-order valence-electron chi connectivity index (χ2n) is 4.53. The van der Waals surface area contributed by atoms with Crippen LogP contribution >= 0.6 is 0 Å². The summed E-state index contributed by atoms with van der Waals surface area (Å²) in [6, 6.07) is 12.0. The zero-order chi connectivity index (χ0) is 13.8. The molecule has 19 heavy (non-hydrogen) atoms. The first-order chi connectivity index (χ1) is 9.11. The van der Waals surface area contributed by atoms with Gasteiger partial charge in [0.15, 0.2) is 0 Å². The molecule has 2 aromatic rings. The normalized spacial score (nSPS) is 12.2. The summed E-state index contributed by atoms with van der Waals surface area (Å²) in [5.74, 6) is 0.398. The molecular formula is C16H17FO2. The summed E-state index contributed by atoms with van der Waals surface area (Å²) in [4.78, 5) is 0. The molecule has 3 heteroatoms. The molecule has 0 aromatic heterocycles. The molecule has 0 saturated carbocycles. The van der Waals surface area contributed by atoms with E-state index in [-0.39, 0.29) is 5.82 Å². The van der Waals surface area contributed by atoms with Crippen LogP contribution in [-0.2, 0) is 6.42 Å². The van der Waals surface area contributed by atoms with E-state index in [2.05, 4.69) is 0 Å². The van der Waals surface area contributed by atoms with Gasteiger partial charge in [0, 0.05) is 6.42 Å². The molecule has 0 saturated heterocycles. The quantitative estimate of drug-likeness (QED) is 0.912. The highest BCUT2D eigenvalue weighted by Gasteiger charge is 2.14. The van der Waals surface area contributed by atoms with E-state index in [9.17, 15) is 9.50 Å². The molecule has 1 unspecified atom stereocenters. The van der Waals surface area contributed by atoms with Crippen molar-refractivity contribution >= 4 is 0 Å². The van der Waals surface area contributed by atoms with Gasteiger partial charge in [-0.3, -0.25) is 0 Å². The van der Waals surface area contributed by atoms with Crippen molar-refractivity contribution in [2.24, 2.45) is 0 Å². The Balaban J connectivity index is 2.25. The second kappa shape index (κ2) is 5.85. The highest BCUT2D eigenvalue weighted by atomic mass is 19.1. The maximum absolute atomic E-state index is 13.3. The summed E-state index contributed by atoms with van der Waals surface area (Å²) in [6.45, 7) is 1.86. The molecule has 0 amide bonds. The number of ether oxygens (including phenoxy) is 1. The van der Waals surface area contributed by atoms with E-state index in [1.807, 2.05) is 31.2 Å². The number of para-hydroxylation sites is 1. The molecule has 1 N–H and O–H groups in total. The van der Waals surface area contributed by atoms with Crippen molar-refractivity contribution in [1.29, 1.82) is 0 Å². The summed E-state index contributed by atoms with van der Waals surface area (Å²) in [5.41, 5.74) is 2.40. The third kappa shape index (κ3) is 3.12. The van der Waals surface area contributed by atoms with Crippen LogP contribution in [-0.4, -0.2) is 12.2 Å². The lowest BCUT2D eigenvalue weighted by Crippen LogP contribution is -2.05. The minimum absolute atomic E-state index is 0.334. The van der Waals surface area contributed by atoms with Crippen LogP contribution in [0.3, 0.4) is 0 Å². The molecule has 2 nitrogen and oxygen atoms in total. The molecule has 1 atom stereocenters. The van der Waals surface area contributed by atoms with Crippen LogP contribution < -0.4 is 4.74 Å². The van der Waals surface area contributed by atoms with Gasteiger partial charge in [-0.05, 0) is 41.8 Å². The number of aryl methyl sites for hydroxylation is 1. The molecule has 0 spiro atoms. The molecule has 2 rings (SSSR count). The Hall–Kier alpha value is -1.87. The lowest BCUT2D eigenvalue weighted by molar-refractivity contribution is 0.176. The average molecular weight is 260 g/mol. The Labute approximate surface area is 112 Å². The predicted octanol–water partition coefficient (Wildman–Crippen LogP) is 3.42. The van der Waals surface area contributed by atoms with Crippen LogP contribution in [0.2, 0.25) is 0 Å². The first kappa shape index (κ1) is 13.6. The minimum atomic E-state index is -0.744. The fourth-order valence-electron chi connectivity index (χ4n) is 2.16. The Bertz CT molecular complexity index is 566. The number of hydrogen-bond acceptors (Lipinski definition) is 2. The molecule has 0 heterocycles. The summed E-state index contributed by atoms with van der Waals surface area (Å²) in [7, 11) is 1.60. The molecule has 0 aliphatic carbocycles. The number of aliphatic hydroxyl groups is 1. The highest BCUT2D eigenvalue weighted by Crippen LogP contribution is 2.26. The van der Waals surface area contributed by atoms with Crippen molar-refractivity contribution in [3.8, 4) is 5.75 Å². The number of rotatable bonds is 4. The zero-order valence-electron chi connectivity index (χ0n) is 11.1. The summed E-state index contributed by atoms with van der Waals surface area (Å²) < 4.78 is 18.5. The molecule has 0 aliphatic heterocycles. The van der Waals surface area contributed by atoms with Crippen LogP contribution in [0.25, 0.3) is 0 Å². The first-order valence-electron chi connectivity index (χ1n) is 6.18. The Morgan fingerprint density at radius 1 is 1.21 bits per heavy atom. The Morgan fingerprint density at radius 2 is 1.95 bits per heavy atom. The van der Waals surface area contributed by atoms with Gasteiger partial charge in [0.2, 0.25) is 0 Å². The van der Waals surface area contributed by atoms with Gasteiger partial charge < -0.3 is 9.84 Å². The minimum Gasteiger partial charge on any atom is -0.496 e. The van der Waals surface area contributed by atoms with E-state index in [0.717, 1.165) is 16.9 Å². The SMILES string of the molecule is COc1ccccc1CC(O)c1cc(F)ccc1C. The van der Waals surface area contributed by atoms with Crippen molar-refractivity contribution in [1.82, 2.24) is 0 Å². The second-order valence-corrected chi connectivity index (χ2v) is 4.53. The Morgan fingerprint density at radius 3 is 2.68 bits per heavy atom. The van der Waals surface area contributed by atoms with E-state index < -0.39 is 6.10 Å². The van der Waals surface area contributed by atoms with Crippen molar-refractivity contribution in [2.45, 2.75) is 19.4 Å². The monoisotopic (exact) mass is 260 g/mol. The number of hydrogen-bond donors (Lipinski definition) is 1. The largest absolute Gasteiger partial charge is 0.496 e. The fraction of sp³-hybridized carbons (Fsp3) is 0.250. The van der Waals surface area contributed by atoms with Crippen molar-refractivity contribution in [3.05, 3.63) is 65.0 Å². The molecule has 0 fully saturated rings. The molecule has 0 aliphatic rings. The van der Waals surface area contributed by atoms with Crippen molar-refractivity contribution in [3.63, 3.8) is 0 Å². The number of benzene rings is 2. The molecule has 0 bridgehead atoms. The van der Waals surface area contributed by atoms with Crippen LogP contribution in [0.15, 0.2) is 42.5 Å². The number of aliphatic hydroxyl groups excluding tert-OH is 1. The average Bonchev–Trinajstić information content (AvgIpc) is 2.42. The summed E-state index contributed by atoms with van der Waals surface area (Å²) in [6.07, 6.45) is -0.346. The Kier molecular flexibility index (Phi) is 4.17. The number of halogens is 1. The van der Waals surface area contributed by atoms with E-state index >= 15 is 0 Å². The predicted molar refractivity (Wildman–Crippen MR) is 72.8 cm³/mol. The van der Waals surface area contributed by atoms with Gasteiger partial charge in [-0.1, -0.05) is 24.3 Å². The van der Waals surface area contributed by atoms with E-state index in [0.29, 0.717) is 12.0 Å². The molecular weight excluding hydrogens is 243 g/mol. The van der Waals surface area contributed by atoms with E-state index in [1.165, 1.54) is 12.1 Å². The highest BCUT2D eigenvalue weighted by molar-refractivity contribution is 5.36. The van der Waals surface area contributed by atoms with Crippen molar-refractivity contribution in [2.75, 3.05) is 7.11 Å². The van der Waals surface area contributed by atoms with Gasteiger partial charge in [0.1, 0.15) is 11.6 Å². The maximum Gasteiger partial charge on any atom is 0.123 e. The smallest absolute Gasteiger partial charge is 0.123 e. The molecule has 2 aromatic carbocycles. The van der Waals surface area contributed by atoms with E-state index in [4.69, 9.17) is 4.74 Å². The van der Waals surface area contributed by atoms with Gasteiger partial charge in [0.25, 0.3) is 0 Å². The molecule has 100 valence electrons. The fourth-order valence-corrected chi connectivity index (χ4v) is 2.16. The van der Waals surface area contributed by atoms with Crippen LogP contribution in [0.4, 0.5) is 4.39 Å². The standard InChI is InChI=1S/C16H17FO2/c1-11-7-8-13(17)10-14(11)15(18)9-12-5-3-4-6-16(12)19-2/h3-8,10,15,18H,9H2,1-2H3. The third-order valence-electron chi connectivity index (χ3n) is 3.21. The molecule has 0 radical (unpaired) electrons. The first-order valence-corrected chi connectivity index (χ1v) is 6.18. The van der Waals surface area contributed by atoms with Gasteiger partial charge in [-0.2, -0.15) is 0 Å². The maximum atomic E-state index is 13.3. The third-order valence-corrected chi connectivity index (χ3v) is 3.21. The van der Waals surface area contributed by atoms with Gasteiger partial charge >= 0.3 is 0 Å². The summed E-state index contributed by atoms with van der Waals surface area (Å²) in [5, 5.41) is 10.3. The lowest BCUT2D eigenvalue weighted by Gasteiger charge is -2.15. The number of methoxy groups -OCH3 is 1. The van der Waals surface area contributed by atoms with Crippen molar-refractivity contribution < 1.29 is 14.2 Å². The van der Waals surface area contributed by atoms with Gasteiger partial charge in [0.05, 0.1) is 13.2 Å². The topological polar surface area (TPSA) is 29.5 Å². The zero-order valence-corrected chi connectivity index (χ0v) is 11.1. The van der Waals surface area contributed by atoms with E-state index in [1.54, 1.807) is 13.2 Å².